The number of imidazole rings is 1. The fourth-order valence-corrected chi connectivity index (χ4v) is 5.57. The van der Waals surface area contributed by atoms with Gasteiger partial charge in [-0.25, -0.2) is 4.98 Å². The zero-order chi connectivity index (χ0) is 28.5. The number of fused-ring (bicyclic) bond motifs is 2. The Kier molecular flexibility index (Phi) is 7.03. The highest BCUT2D eigenvalue weighted by Gasteiger charge is 2.23. The third kappa shape index (κ3) is 5.32. The van der Waals surface area contributed by atoms with E-state index in [1.54, 1.807) is 35.0 Å². The van der Waals surface area contributed by atoms with Crippen LogP contribution in [-0.2, 0) is 7.05 Å². The molecule has 1 aliphatic heterocycles. The van der Waals surface area contributed by atoms with Gasteiger partial charge >= 0.3 is 0 Å². The number of benzene rings is 2. The Morgan fingerprint density at radius 2 is 1.98 bits per heavy atom. The van der Waals surface area contributed by atoms with Gasteiger partial charge in [0.15, 0.2) is 11.4 Å². The summed E-state index contributed by atoms with van der Waals surface area (Å²) in [4.78, 5) is 20.6. The molecule has 2 aromatic carbocycles. The first kappa shape index (κ1) is 26.3. The number of nitrogens with zero attached hydrogens (tertiary/aromatic N) is 6. The zero-order valence-electron chi connectivity index (χ0n) is 23.4. The Bertz CT molecular complexity index is 1790. The summed E-state index contributed by atoms with van der Waals surface area (Å²) in [5.41, 5.74) is 4.72. The van der Waals surface area contributed by atoms with Crippen LogP contribution in [0.15, 0.2) is 61.1 Å². The molecular formula is C31H32N8O2. The van der Waals surface area contributed by atoms with E-state index in [2.05, 4.69) is 38.6 Å². The quantitative estimate of drug-likeness (QED) is 0.294. The molecule has 0 atom stereocenters. The molecule has 1 aliphatic rings. The second kappa shape index (κ2) is 10.9. The van der Waals surface area contributed by atoms with Crippen LogP contribution >= 0.6 is 0 Å². The van der Waals surface area contributed by atoms with Crippen molar-refractivity contribution in [1.82, 2.24) is 24.5 Å². The Labute approximate surface area is 238 Å². The monoisotopic (exact) mass is 548 g/mol. The highest BCUT2D eigenvalue weighted by Crippen LogP contribution is 2.33. The predicted molar refractivity (Wildman–Crippen MR) is 159 cm³/mol. The summed E-state index contributed by atoms with van der Waals surface area (Å²) in [6, 6.07) is 15.2. The number of rotatable bonds is 7. The van der Waals surface area contributed by atoms with Crippen LogP contribution in [0.2, 0.25) is 0 Å². The Morgan fingerprint density at radius 1 is 1.15 bits per heavy atom. The molecule has 208 valence electrons. The number of anilines is 2. The van der Waals surface area contributed by atoms with Crippen LogP contribution < -0.4 is 20.3 Å². The molecule has 3 aromatic heterocycles. The summed E-state index contributed by atoms with van der Waals surface area (Å²) in [5.74, 6) is 0.709. The van der Waals surface area contributed by atoms with Gasteiger partial charge in [0, 0.05) is 61.9 Å². The number of piperidine rings is 1. The SMILES string of the molecule is CCNC1CCN(c2ccc(C(=O)Nc3cc(Oc4cccc(C#N)c4)c4nc(C)cn4c3)c3nn(C)cc23)CC1. The lowest BCUT2D eigenvalue weighted by atomic mass is 10.0. The average molecular weight is 549 g/mol. The number of nitriles is 1. The van der Waals surface area contributed by atoms with Crippen molar-refractivity contribution in [3.63, 3.8) is 0 Å². The maximum absolute atomic E-state index is 13.7. The largest absolute Gasteiger partial charge is 0.453 e. The number of hydrogen-bond donors (Lipinski definition) is 2. The van der Waals surface area contributed by atoms with Crippen molar-refractivity contribution in [1.29, 1.82) is 5.26 Å². The molecule has 2 N–H and O–H groups in total. The van der Waals surface area contributed by atoms with Crippen molar-refractivity contribution < 1.29 is 9.53 Å². The van der Waals surface area contributed by atoms with Crippen LogP contribution in [0.5, 0.6) is 11.5 Å². The molecule has 1 amide bonds. The number of hydrogen-bond acceptors (Lipinski definition) is 7. The number of carbonyl (C=O) groups excluding carboxylic acids is 1. The molecule has 0 aliphatic carbocycles. The molecule has 5 aromatic rings. The van der Waals surface area contributed by atoms with Crippen molar-refractivity contribution in [2.45, 2.75) is 32.7 Å². The highest BCUT2D eigenvalue weighted by molar-refractivity contribution is 6.14. The molecule has 0 saturated carbocycles. The second-order valence-electron chi connectivity index (χ2n) is 10.4. The van der Waals surface area contributed by atoms with Crippen LogP contribution in [0, 0.1) is 18.3 Å². The highest BCUT2D eigenvalue weighted by atomic mass is 16.5. The number of pyridine rings is 1. The molecule has 4 heterocycles. The lowest BCUT2D eigenvalue weighted by Crippen LogP contribution is -2.42. The van der Waals surface area contributed by atoms with Crippen LogP contribution in [0.1, 0.15) is 41.4 Å². The van der Waals surface area contributed by atoms with Gasteiger partial charge in [0.05, 0.1) is 28.6 Å². The normalized spacial score (nSPS) is 14.0. The Morgan fingerprint density at radius 3 is 2.76 bits per heavy atom. The number of nitrogens with one attached hydrogen (secondary N) is 2. The standard InChI is InChI=1S/C31H32N8O2/c1-4-33-22-10-12-38(13-11-22)27-9-8-25(29-26(27)19-37(3)36-29)31(40)35-23-15-28(30-34-20(2)17-39(30)18-23)41-24-7-5-6-21(14-24)16-32/h5-9,14-15,17-19,22,33H,4,10-13H2,1-3H3,(H,35,40). The molecule has 10 nitrogen and oxygen atoms in total. The maximum Gasteiger partial charge on any atom is 0.257 e. The summed E-state index contributed by atoms with van der Waals surface area (Å²) in [6.45, 7) is 6.94. The first-order valence-corrected chi connectivity index (χ1v) is 13.8. The first-order valence-electron chi connectivity index (χ1n) is 13.8. The van der Waals surface area contributed by atoms with Gasteiger partial charge in [0.1, 0.15) is 11.3 Å². The smallest absolute Gasteiger partial charge is 0.257 e. The fraction of sp³-hybridized carbons (Fsp3) is 0.290. The average Bonchev–Trinajstić information content (AvgIpc) is 3.54. The third-order valence-electron chi connectivity index (χ3n) is 7.43. The third-order valence-corrected chi connectivity index (χ3v) is 7.43. The molecule has 10 heteroatoms. The van der Waals surface area contributed by atoms with Gasteiger partial charge in [-0.05, 0) is 56.6 Å². The van der Waals surface area contributed by atoms with Crippen molar-refractivity contribution in [3.05, 3.63) is 77.9 Å². The summed E-state index contributed by atoms with van der Waals surface area (Å²) in [7, 11) is 1.88. The minimum absolute atomic E-state index is 0.264. The van der Waals surface area contributed by atoms with Crippen LogP contribution in [0.25, 0.3) is 16.6 Å². The van der Waals surface area contributed by atoms with Crippen molar-refractivity contribution in [3.8, 4) is 17.6 Å². The number of carbonyl (C=O) groups is 1. The number of ether oxygens (including phenoxy) is 1. The van der Waals surface area contributed by atoms with E-state index in [0.717, 1.165) is 49.2 Å². The molecule has 0 bridgehead atoms. The molecular weight excluding hydrogens is 516 g/mol. The number of amides is 1. The van der Waals surface area contributed by atoms with E-state index in [1.807, 2.05) is 49.1 Å². The van der Waals surface area contributed by atoms with Crippen molar-refractivity contribution in [2.75, 3.05) is 29.9 Å². The lowest BCUT2D eigenvalue weighted by Gasteiger charge is -2.34. The van der Waals surface area contributed by atoms with Gasteiger partial charge in [-0.15, -0.1) is 0 Å². The van der Waals surface area contributed by atoms with E-state index in [1.165, 1.54) is 0 Å². The summed E-state index contributed by atoms with van der Waals surface area (Å²) in [5, 5.41) is 21.5. The second-order valence-corrected chi connectivity index (χ2v) is 10.4. The van der Waals surface area contributed by atoms with E-state index in [4.69, 9.17) is 4.74 Å². The van der Waals surface area contributed by atoms with E-state index in [9.17, 15) is 10.1 Å². The van der Waals surface area contributed by atoms with E-state index >= 15 is 0 Å². The molecule has 0 unspecified atom stereocenters. The maximum atomic E-state index is 13.7. The van der Waals surface area contributed by atoms with Gasteiger partial charge in [-0.3, -0.25) is 9.48 Å². The van der Waals surface area contributed by atoms with Gasteiger partial charge in [0.2, 0.25) is 0 Å². The topological polar surface area (TPSA) is 113 Å². The zero-order valence-corrected chi connectivity index (χ0v) is 23.4. The van der Waals surface area contributed by atoms with Gasteiger partial charge in [-0.1, -0.05) is 13.0 Å². The minimum atomic E-state index is -0.264. The summed E-state index contributed by atoms with van der Waals surface area (Å²) in [6.07, 6.45) is 7.83. The number of aromatic nitrogens is 4. The predicted octanol–water partition coefficient (Wildman–Crippen LogP) is 5.02. The number of aryl methyl sites for hydroxylation is 2. The minimum Gasteiger partial charge on any atom is -0.453 e. The van der Waals surface area contributed by atoms with E-state index < -0.39 is 0 Å². The molecule has 41 heavy (non-hydrogen) atoms. The fourth-order valence-electron chi connectivity index (χ4n) is 5.57. The summed E-state index contributed by atoms with van der Waals surface area (Å²) < 4.78 is 9.73. The van der Waals surface area contributed by atoms with Crippen molar-refractivity contribution >= 4 is 33.8 Å². The molecule has 1 saturated heterocycles. The Balaban J connectivity index is 1.30. The van der Waals surface area contributed by atoms with Crippen LogP contribution in [0.4, 0.5) is 11.4 Å². The van der Waals surface area contributed by atoms with Gasteiger partial charge < -0.3 is 24.7 Å². The molecule has 6 rings (SSSR count). The molecule has 0 radical (unpaired) electrons. The Hall–Kier alpha value is -4.88. The van der Waals surface area contributed by atoms with E-state index in [0.29, 0.717) is 45.5 Å². The van der Waals surface area contributed by atoms with E-state index in [-0.39, 0.29) is 5.91 Å². The summed E-state index contributed by atoms with van der Waals surface area (Å²) >= 11 is 0. The molecule has 1 fully saturated rings. The molecule has 0 spiro atoms. The van der Waals surface area contributed by atoms with Gasteiger partial charge in [-0.2, -0.15) is 10.4 Å². The lowest BCUT2D eigenvalue weighted by molar-refractivity contribution is 0.102. The van der Waals surface area contributed by atoms with Crippen molar-refractivity contribution in [2.24, 2.45) is 7.05 Å². The van der Waals surface area contributed by atoms with Gasteiger partial charge in [0.25, 0.3) is 5.91 Å². The van der Waals surface area contributed by atoms with Crippen LogP contribution in [-0.4, -0.2) is 50.7 Å². The van der Waals surface area contributed by atoms with Crippen LogP contribution in [0.3, 0.4) is 0 Å². The first-order chi connectivity index (χ1) is 19.9.